The molecule has 21 nitrogen and oxygen atoms in total. The molecule has 4 amide bonds. The summed E-state index contributed by atoms with van der Waals surface area (Å²) in [4.78, 5) is 67.3. The number of methoxy groups -OCH3 is 1. The van der Waals surface area contributed by atoms with Gasteiger partial charge in [-0.15, -0.1) is 11.3 Å². The number of carbonyl (C=O) groups excluding carboxylic acids is 4. The summed E-state index contributed by atoms with van der Waals surface area (Å²) in [6, 6.07) is 2.91. The topological polar surface area (TPSA) is 286 Å². The van der Waals surface area contributed by atoms with Gasteiger partial charge in [-0.2, -0.15) is 16.8 Å². The fourth-order valence-corrected chi connectivity index (χ4v) is 11.0. The molecular formula is C46H67ClN8O13S3. The number of nitrogens with one attached hydrogen (secondary N) is 4. The van der Waals surface area contributed by atoms with Crippen LogP contribution in [0.15, 0.2) is 23.6 Å². The summed E-state index contributed by atoms with van der Waals surface area (Å²) in [5, 5.41) is 16.8. The van der Waals surface area contributed by atoms with Crippen molar-refractivity contribution in [2.45, 2.75) is 168 Å². The van der Waals surface area contributed by atoms with E-state index in [0.29, 0.717) is 58.2 Å². The first-order valence-electron chi connectivity index (χ1n) is 23.4. The molecule has 3 aromatic rings. The third-order valence-electron chi connectivity index (χ3n) is 12.3. The van der Waals surface area contributed by atoms with Crippen molar-refractivity contribution in [3.63, 3.8) is 0 Å². The number of aromatic nitrogens is 2. The second kappa shape index (κ2) is 20.4. The van der Waals surface area contributed by atoms with Crippen LogP contribution in [0.25, 0.3) is 22.3 Å². The van der Waals surface area contributed by atoms with E-state index < -0.39 is 96.3 Å². The highest BCUT2D eigenvalue weighted by atomic mass is 35.5. The fourth-order valence-electron chi connectivity index (χ4n) is 8.00. The largest absolute Gasteiger partial charge is 0.495 e. The van der Waals surface area contributed by atoms with Gasteiger partial charge in [0.15, 0.2) is 5.13 Å². The number of likely N-dealkylation sites (tertiary alicyclic amines) is 1. The number of nitrogens with zero attached hydrogens (tertiary/aromatic N) is 3. The zero-order chi connectivity index (χ0) is 52.9. The Labute approximate surface area is 424 Å². The van der Waals surface area contributed by atoms with Crippen LogP contribution in [0.1, 0.15) is 121 Å². The number of halogens is 1. The molecule has 0 spiro atoms. The van der Waals surface area contributed by atoms with Crippen LogP contribution in [0.5, 0.6) is 11.5 Å². The summed E-state index contributed by atoms with van der Waals surface area (Å²) in [6.07, 6.45) is 1.55. The minimum absolute atomic E-state index is 0.0443. The zero-order valence-corrected chi connectivity index (χ0v) is 45.4. The molecule has 3 aliphatic carbocycles. The molecule has 1 aliphatic heterocycles. The van der Waals surface area contributed by atoms with Gasteiger partial charge < -0.3 is 35.1 Å². The number of anilines is 1. The number of fused-ring (bicyclic) bond motifs is 1. The number of nitrogens with two attached hydrogens (primary N) is 1. The van der Waals surface area contributed by atoms with Crippen LogP contribution < -0.4 is 35.3 Å². The Bertz CT molecular complexity index is 2750. The second-order valence-corrected chi connectivity index (χ2v) is 25.1. The van der Waals surface area contributed by atoms with Crippen LogP contribution in [0.4, 0.5) is 9.93 Å². The first kappa shape index (κ1) is 55.7. The van der Waals surface area contributed by atoms with Gasteiger partial charge in [-0.1, -0.05) is 45.7 Å². The van der Waals surface area contributed by atoms with E-state index in [1.54, 1.807) is 73.6 Å². The molecule has 4 fully saturated rings. The Morgan fingerprint density at radius 3 is 2.11 bits per heavy atom. The van der Waals surface area contributed by atoms with Crippen LogP contribution >= 0.6 is 22.9 Å². The van der Waals surface area contributed by atoms with E-state index in [2.05, 4.69) is 25.3 Å². The molecule has 3 saturated carbocycles. The van der Waals surface area contributed by atoms with Gasteiger partial charge in [0, 0.05) is 29.3 Å². The summed E-state index contributed by atoms with van der Waals surface area (Å²) in [7, 11) is -6.72. The van der Waals surface area contributed by atoms with E-state index in [9.17, 15) is 36.0 Å². The lowest BCUT2D eigenvalue weighted by Gasteiger charge is -2.36. The van der Waals surface area contributed by atoms with Gasteiger partial charge >= 0.3 is 26.7 Å². The number of amides is 4. The van der Waals surface area contributed by atoms with Crippen molar-refractivity contribution < 1.29 is 58.6 Å². The van der Waals surface area contributed by atoms with Gasteiger partial charge in [-0.25, -0.2) is 28.8 Å². The van der Waals surface area contributed by atoms with Gasteiger partial charge in [-0.05, 0) is 104 Å². The van der Waals surface area contributed by atoms with Crippen molar-refractivity contribution in [3.8, 4) is 22.9 Å². The summed E-state index contributed by atoms with van der Waals surface area (Å²) in [5.74, 6) is -1.88. The van der Waals surface area contributed by atoms with Gasteiger partial charge in [0.1, 0.15) is 51.5 Å². The molecule has 394 valence electrons. The molecule has 0 radical (unpaired) electrons. The normalized spacial score (nSPS) is 22.6. The molecule has 0 bridgehead atoms. The van der Waals surface area contributed by atoms with Crippen molar-refractivity contribution in [2.75, 3.05) is 19.0 Å². The lowest BCUT2D eigenvalue weighted by molar-refractivity contribution is -0.143. The standard InChI is InChI=1S/C42H58ClN7O10S2.C4H9NO3S/c1-12-23-19-42(23,36(53)49-62(55,56)60-41(10)15-16-41)48-34(51)28-17-24(20-50(28)35(52)33(39(4,5)6)47-38(54)59-40(7,8)9)58-30-18-26(27-21-61-37(46-27)44-22(2)3)45-32-25(30)13-14-29(57-11)31(32)43;1-4(2-3-4)8-9(5,6)7/h13-14,18,21-24,28,33H,12,15-17,19-20H2,1-11H3,(H,44,46)(H,47,54)(H,48,51)(H,49,53);2-3H2,1H3,(H2,5,6,7)/t23-,24-,28+,33-,42-;/m1./s1. The molecule has 0 unspecified atom stereocenters. The van der Waals surface area contributed by atoms with E-state index in [1.165, 1.54) is 23.3 Å². The van der Waals surface area contributed by atoms with Crippen LogP contribution in [0, 0.1) is 11.3 Å². The summed E-state index contributed by atoms with van der Waals surface area (Å²) < 4.78 is 75.8. The van der Waals surface area contributed by atoms with Gasteiger partial charge in [0.25, 0.3) is 5.91 Å². The number of benzene rings is 1. The SMILES string of the molecule is CC1(OS(N)(=O)=O)CC1.CC[C@@H]1C[C@]1(NC(=O)[C@@H]1C[C@@H](Oc2cc(-c3csc(NC(C)C)n3)nc3c(Cl)c(OC)ccc23)CN1C(=O)[C@@H](NC(=O)OC(C)(C)C)C(C)(C)C)C(=O)NS(=O)(=O)OC1(C)CC1. The molecule has 4 aliphatic rings. The summed E-state index contributed by atoms with van der Waals surface area (Å²) in [5.41, 5.74) is -3.29. The monoisotopic (exact) mass is 1070 g/mol. The molecular weight excluding hydrogens is 1000 g/mol. The number of pyridine rings is 1. The Balaban J connectivity index is 0.000000824. The highest BCUT2D eigenvalue weighted by molar-refractivity contribution is 7.85. The van der Waals surface area contributed by atoms with Crippen LogP contribution in [-0.2, 0) is 48.1 Å². The van der Waals surface area contributed by atoms with Crippen molar-refractivity contribution >= 4 is 83.4 Å². The van der Waals surface area contributed by atoms with Crippen LogP contribution in [-0.4, -0.2) is 116 Å². The van der Waals surface area contributed by atoms with E-state index >= 15 is 0 Å². The number of hydrogen-bond acceptors (Lipinski definition) is 17. The van der Waals surface area contributed by atoms with Crippen LogP contribution in [0.3, 0.4) is 0 Å². The number of alkyl carbamates (subject to hydrolysis) is 1. The number of ether oxygens (including phenoxy) is 3. The maximum atomic E-state index is 14.8. The Hall–Kier alpha value is -4.59. The lowest BCUT2D eigenvalue weighted by atomic mass is 9.85. The zero-order valence-electron chi connectivity index (χ0n) is 42.2. The molecule has 3 heterocycles. The highest BCUT2D eigenvalue weighted by Gasteiger charge is 2.62. The van der Waals surface area contributed by atoms with E-state index in [1.807, 2.05) is 30.9 Å². The maximum absolute atomic E-state index is 14.8. The smallest absolute Gasteiger partial charge is 0.408 e. The average Bonchev–Trinajstić information content (AvgIpc) is 4.17. The molecule has 7 rings (SSSR count). The predicted molar refractivity (Wildman–Crippen MR) is 267 cm³/mol. The van der Waals surface area contributed by atoms with Crippen molar-refractivity contribution in [2.24, 2.45) is 16.5 Å². The number of thiazole rings is 1. The van der Waals surface area contributed by atoms with Crippen LogP contribution in [0.2, 0.25) is 5.02 Å². The molecule has 6 N–H and O–H groups in total. The Morgan fingerprint density at radius 1 is 0.958 bits per heavy atom. The predicted octanol–water partition coefficient (Wildman–Crippen LogP) is 6.10. The van der Waals surface area contributed by atoms with E-state index in [0.717, 1.165) is 12.8 Å². The molecule has 71 heavy (non-hydrogen) atoms. The number of carbonyl (C=O) groups is 4. The molecule has 2 aromatic heterocycles. The minimum Gasteiger partial charge on any atom is -0.495 e. The first-order valence-corrected chi connectivity index (χ1v) is 27.5. The van der Waals surface area contributed by atoms with E-state index in [4.69, 9.17) is 40.0 Å². The molecule has 25 heteroatoms. The molecule has 1 aromatic carbocycles. The Morgan fingerprint density at radius 2 is 1.59 bits per heavy atom. The second-order valence-electron chi connectivity index (χ2n) is 21.5. The quantitative estimate of drug-likeness (QED) is 0.102. The number of hydrogen-bond donors (Lipinski definition) is 5. The summed E-state index contributed by atoms with van der Waals surface area (Å²) >= 11 is 8.25. The fraction of sp³-hybridized carbons (Fsp3) is 0.652. The van der Waals surface area contributed by atoms with Crippen molar-refractivity contribution in [3.05, 3.63) is 28.6 Å². The molecule has 1 saturated heterocycles. The maximum Gasteiger partial charge on any atom is 0.408 e. The average molecular weight is 1070 g/mol. The number of rotatable bonds is 17. The third kappa shape index (κ3) is 14.3. The van der Waals surface area contributed by atoms with Crippen molar-refractivity contribution in [1.29, 1.82) is 0 Å². The lowest BCUT2D eigenvalue weighted by Crippen LogP contribution is -2.60. The first-order chi connectivity index (χ1) is 32.7. The molecule has 5 atom stereocenters. The van der Waals surface area contributed by atoms with Gasteiger partial charge in [0.05, 0.1) is 36.1 Å². The minimum atomic E-state index is -4.50. The summed E-state index contributed by atoms with van der Waals surface area (Å²) in [6.45, 7) is 19.5. The Kier molecular flexibility index (Phi) is 16.0. The third-order valence-corrected chi connectivity index (χ3v) is 15.1. The van der Waals surface area contributed by atoms with Crippen molar-refractivity contribution in [1.82, 2.24) is 30.2 Å². The van der Waals surface area contributed by atoms with E-state index in [-0.39, 0.29) is 30.5 Å². The highest BCUT2D eigenvalue weighted by Crippen LogP contribution is 2.47. The van der Waals surface area contributed by atoms with Gasteiger partial charge in [0.2, 0.25) is 11.8 Å². The van der Waals surface area contributed by atoms with Gasteiger partial charge in [-0.3, -0.25) is 18.6 Å².